The Labute approximate surface area is 166 Å². The van der Waals surface area contributed by atoms with Gasteiger partial charge in [0.15, 0.2) is 5.16 Å². The predicted molar refractivity (Wildman–Crippen MR) is 103 cm³/mol. The normalized spacial score (nSPS) is 14.0. The molecule has 0 N–H and O–H groups in total. The molecule has 0 radical (unpaired) electrons. The standard InChI is InChI=1S/C18H21FN6O2S/c1-23(7-3-6-20)16(26)13-28-18-22-21-17(24-8-10-27-11-9-24)25(18)15-5-2-4-14(19)12-15/h2,4-5,12H,3,7-11,13H2,1H3. The molecule has 10 heteroatoms. The van der Waals surface area contributed by atoms with Crippen molar-refractivity contribution >= 4 is 23.6 Å². The van der Waals surface area contributed by atoms with Crippen LogP contribution < -0.4 is 4.90 Å². The number of thioether (sulfide) groups is 1. The molecular weight excluding hydrogens is 383 g/mol. The number of anilines is 1. The molecule has 0 aliphatic carbocycles. The third kappa shape index (κ3) is 4.79. The molecule has 1 fully saturated rings. The predicted octanol–water partition coefficient (Wildman–Crippen LogP) is 1.71. The van der Waals surface area contributed by atoms with E-state index in [-0.39, 0.29) is 23.9 Å². The number of morpholine rings is 1. The molecule has 1 amide bonds. The third-order valence-electron chi connectivity index (χ3n) is 4.29. The summed E-state index contributed by atoms with van der Waals surface area (Å²) in [7, 11) is 1.66. The van der Waals surface area contributed by atoms with Gasteiger partial charge in [-0.15, -0.1) is 10.2 Å². The second-order valence-electron chi connectivity index (χ2n) is 6.21. The molecule has 0 bridgehead atoms. The Kier molecular flexibility index (Phi) is 6.84. The Morgan fingerprint density at radius 1 is 1.39 bits per heavy atom. The number of carbonyl (C=O) groups excluding carboxylic acids is 1. The summed E-state index contributed by atoms with van der Waals surface area (Å²) < 4.78 is 21.0. The number of nitrogens with zero attached hydrogens (tertiary/aromatic N) is 6. The Hall–Kier alpha value is -2.64. The van der Waals surface area contributed by atoms with Gasteiger partial charge in [-0.25, -0.2) is 4.39 Å². The molecule has 0 atom stereocenters. The monoisotopic (exact) mass is 404 g/mol. The molecule has 2 heterocycles. The fourth-order valence-electron chi connectivity index (χ4n) is 2.74. The van der Waals surface area contributed by atoms with E-state index in [4.69, 9.17) is 10.00 Å². The Bertz CT molecular complexity index is 862. The highest BCUT2D eigenvalue weighted by molar-refractivity contribution is 7.99. The highest BCUT2D eigenvalue weighted by Gasteiger charge is 2.23. The summed E-state index contributed by atoms with van der Waals surface area (Å²) in [6.07, 6.45) is 0.285. The quantitative estimate of drug-likeness (QED) is 0.649. The lowest BCUT2D eigenvalue weighted by molar-refractivity contribution is -0.127. The van der Waals surface area contributed by atoms with E-state index >= 15 is 0 Å². The number of nitriles is 1. The maximum atomic E-state index is 13.8. The van der Waals surface area contributed by atoms with Gasteiger partial charge in [-0.05, 0) is 18.2 Å². The van der Waals surface area contributed by atoms with Gasteiger partial charge in [0.1, 0.15) is 5.82 Å². The van der Waals surface area contributed by atoms with E-state index < -0.39 is 0 Å². The summed E-state index contributed by atoms with van der Waals surface area (Å²) in [5.41, 5.74) is 0.597. The van der Waals surface area contributed by atoms with Crippen LogP contribution >= 0.6 is 11.8 Å². The van der Waals surface area contributed by atoms with Crippen LogP contribution in [0.1, 0.15) is 6.42 Å². The highest BCUT2D eigenvalue weighted by Crippen LogP contribution is 2.27. The van der Waals surface area contributed by atoms with Gasteiger partial charge in [0.05, 0.1) is 37.1 Å². The van der Waals surface area contributed by atoms with Gasteiger partial charge in [0, 0.05) is 26.7 Å². The van der Waals surface area contributed by atoms with E-state index in [1.165, 1.54) is 28.8 Å². The summed E-state index contributed by atoms with van der Waals surface area (Å²) in [5.74, 6) is 0.282. The summed E-state index contributed by atoms with van der Waals surface area (Å²) in [5, 5.41) is 17.7. The van der Waals surface area contributed by atoms with E-state index in [1.54, 1.807) is 23.7 Å². The van der Waals surface area contributed by atoms with Gasteiger partial charge in [-0.3, -0.25) is 9.36 Å². The molecule has 1 aromatic carbocycles. The summed E-state index contributed by atoms with van der Waals surface area (Å²) >= 11 is 1.24. The van der Waals surface area contributed by atoms with Crippen molar-refractivity contribution in [1.29, 1.82) is 5.26 Å². The highest BCUT2D eigenvalue weighted by atomic mass is 32.2. The second kappa shape index (κ2) is 9.52. The Balaban J connectivity index is 1.83. The van der Waals surface area contributed by atoms with Crippen molar-refractivity contribution in [2.45, 2.75) is 11.6 Å². The van der Waals surface area contributed by atoms with Crippen molar-refractivity contribution in [2.24, 2.45) is 0 Å². The Morgan fingerprint density at radius 3 is 2.89 bits per heavy atom. The zero-order valence-corrected chi connectivity index (χ0v) is 16.4. The van der Waals surface area contributed by atoms with E-state index in [2.05, 4.69) is 10.2 Å². The number of aromatic nitrogens is 3. The minimum Gasteiger partial charge on any atom is -0.378 e. The van der Waals surface area contributed by atoms with Crippen LogP contribution in [-0.4, -0.2) is 71.2 Å². The number of hydrogen-bond acceptors (Lipinski definition) is 7. The van der Waals surface area contributed by atoms with E-state index in [0.717, 1.165) is 0 Å². The topological polar surface area (TPSA) is 87.3 Å². The van der Waals surface area contributed by atoms with E-state index in [9.17, 15) is 9.18 Å². The third-order valence-corrected chi connectivity index (χ3v) is 5.20. The molecule has 148 valence electrons. The first-order valence-electron chi connectivity index (χ1n) is 8.88. The van der Waals surface area contributed by atoms with Crippen LogP contribution in [0.2, 0.25) is 0 Å². The van der Waals surface area contributed by atoms with Crippen molar-refractivity contribution in [2.75, 3.05) is 50.5 Å². The number of rotatable bonds is 7. The first-order valence-corrected chi connectivity index (χ1v) is 9.86. The number of hydrogen-bond donors (Lipinski definition) is 0. The fraction of sp³-hybridized carbons (Fsp3) is 0.444. The fourth-order valence-corrected chi connectivity index (χ4v) is 3.63. The number of amides is 1. The van der Waals surface area contributed by atoms with Gasteiger partial charge in [0.2, 0.25) is 11.9 Å². The SMILES string of the molecule is CN(CCC#N)C(=O)CSc1nnc(N2CCOCC2)n1-c1cccc(F)c1. The van der Waals surface area contributed by atoms with E-state index in [0.29, 0.717) is 49.6 Å². The van der Waals surface area contributed by atoms with Gasteiger partial charge in [0.25, 0.3) is 0 Å². The molecule has 1 aliphatic heterocycles. The largest absolute Gasteiger partial charge is 0.378 e. The van der Waals surface area contributed by atoms with Crippen LogP contribution in [0.3, 0.4) is 0 Å². The minimum absolute atomic E-state index is 0.109. The van der Waals surface area contributed by atoms with Crippen molar-refractivity contribution < 1.29 is 13.9 Å². The smallest absolute Gasteiger partial charge is 0.232 e. The molecule has 28 heavy (non-hydrogen) atoms. The lowest BCUT2D eigenvalue weighted by Gasteiger charge is -2.28. The maximum absolute atomic E-state index is 13.8. The molecule has 0 spiro atoms. The first-order chi connectivity index (χ1) is 13.6. The summed E-state index contributed by atoms with van der Waals surface area (Å²) in [6.45, 7) is 2.87. The molecule has 1 aliphatic rings. The number of halogens is 1. The van der Waals surface area contributed by atoms with Crippen LogP contribution in [0.25, 0.3) is 5.69 Å². The lowest BCUT2D eigenvalue weighted by atomic mass is 10.3. The number of benzene rings is 1. The van der Waals surface area contributed by atoms with E-state index in [1.807, 2.05) is 11.0 Å². The summed E-state index contributed by atoms with van der Waals surface area (Å²) in [6, 6.07) is 8.22. The van der Waals surface area contributed by atoms with Crippen LogP contribution in [-0.2, 0) is 9.53 Å². The summed E-state index contributed by atoms with van der Waals surface area (Å²) in [4.78, 5) is 15.8. The number of ether oxygens (including phenoxy) is 1. The van der Waals surface area contributed by atoms with Gasteiger partial charge in [-0.1, -0.05) is 17.8 Å². The van der Waals surface area contributed by atoms with Gasteiger partial charge in [-0.2, -0.15) is 5.26 Å². The minimum atomic E-state index is -0.359. The second-order valence-corrected chi connectivity index (χ2v) is 7.15. The Morgan fingerprint density at radius 2 is 2.18 bits per heavy atom. The van der Waals surface area contributed by atoms with Crippen LogP contribution in [0.4, 0.5) is 10.3 Å². The molecule has 3 rings (SSSR count). The average molecular weight is 404 g/mol. The number of carbonyl (C=O) groups is 1. The van der Waals surface area contributed by atoms with Crippen LogP contribution in [0.15, 0.2) is 29.4 Å². The van der Waals surface area contributed by atoms with Crippen molar-refractivity contribution in [1.82, 2.24) is 19.7 Å². The zero-order valence-electron chi connectivity index (χ0n) is 15.5. The molecular formula is C18H21FN6O2S. The van der Waals surface area contributed by atoms with Crippen molar-refractivity contribution in [3.63, 3.8) is 0 Å². The average Bonchev–Trinajstić information content (AvgIpc) is 3.14. The van der Waals surface area contributed by atoms with Gasteiger partial charge < -0.3 is 14.5 Å². The maximum Gasteiger partial charge on any atom is 0.232 e. The van der Waals surface area contributed by atoms with Crippen LogP contribution in [0.5, 0.6) is 0 Å². The lowest BCUT2D eigenvalue weighted by Crippen LogP contribution is -2.37. The van der Waals surface area contributed by atoms with Crippen molar-refractivity contribution in [3.05, 3.63) is 30.1 Å². The van der Waals surface area contributed by atoms with Crippen LogP contribution in [0, 0.1) is 17.1 Å². The zero-order chi connectivity index (χ0) is 19.9. The van der Waals surface area contributed by atoms with Crippen molar-refractivity contribution in [3.8, 4) is 11.8 Å². The molecule has 1 aromatic heterocycles. The molecule has 1 saturated heterocycles. The molecule has 2 aromatic rings. The molecule has 0 saturated carbocycles. The first kappa shape index (κ1) is 20.1. The molecule has 0 unspecified atom stereocenters. The van der Waals surface area contributed by atoms with Gasteiger partial charge >= 0.3 is 0 Å². The molecule has 8 nitrogen and oxygen atoms in total.